The van der Waals surface area contributed by atoms with Crippen molar-refractivity contribution in [3.05, 3.63) is 76.0 Å². The van der Waals surface area contributed by atoms with Crippen LogP contribution in [0.1, 0.15) is 23.2 Å². The van der Waals surface area contributed by atoms with E-state index >= 15 is 0 Å². The average Bonchev–Trinajstić information content (AvgIpc) is 3.09. The second-order valence-electron chi connectivity index (χ2n) is 5.75. The van der Waals surface area contributed by atoms with Crippen molar-refractivity contribution in [2.75, 3.05) is 5.32 Å². The zero-order chi connectivity index (χ0) is 18.4. The Kier molecular flexibility index (Phi) is 5.96. The van der Waals surface area contributed by atoms with Crippen molar-refractivity contribution in [2.45, 2.75) is 26.4 Å². The van der Waals surface area contributed by atoms with Crippen molar-refractivity contribution in [1.29, 1.82) is 0 Å². The van der Waals surface area contributed by atoms with Gasteiger partial charge in [-0.25, -0.2) is 9.37 Å². The van der Waals surface area contributed by atoms with Crippen molar-refractivity contribution in [2.24, 2.45) is 0 Å². The van der Waals surface area contributed by atoms with Gasteiger partial charge < -0.3 is 10.1 Å². The monoisotopic (exact) mass is 370 g/mol. The fraction of sp³-hybridized carbons (Fsp3) is 0.200. The van der Waals surface area contributed by atoms with E-state index in [4.69, 9.17) is 4.74 Å². The standard InChI is InChI=1S/C20H19FN2O2S/c1-2-20-23-17(13-26-20)11-19(24)22-16-4-3-5-18(10-16)25-12-14-6-8-15(21)9-7-14/h3-10,13H,2,11-12H2,1H3,(H,22,24). The third-order valence-electron chi connectivity index (χ3n) is 3.68. The molecule has 0 aliphatic heterocycles. The van der Waals surface area contributed by atoms with Crippen LogP contribution in [0.5, 0.6) is 5.75 Å². The van der Waals surface area contributed by atoms with Crippen LogP contribution in [-0.4, -0.2) is 10.9 Å². The predicted molar refractivity (Wildman–Crippen MR) is 101 cm³/mol. The summed E-state index contributed by atoms with van der Waals surface area (Å²) >= 11 is 1.57. The normalized spacial score (nSPS) is 10.5. The van der Waals surface area contributed by atoms with Crippen molar-refractivity contribution >= 4 is 22.9 Å². The zero-order valence-electron chi connectivity index (χ0n) is 14.4. The van der Waals surface area contributed by atoms with Crippen LogP contribution in [0.3, 0.4) is 0 Å². The van der Waals surface area contributed by atoms with E-state index in [1.807, 2.05) is 24.4 Å². The van der Waals surface area contributed by atoms with Gasteiger partial charge in [0.2, 0.25) is 5.91 Å². The first-order valence-electron chi connectivity index (χ1n) is 8.33. The maximum atomic E-state index is 12.9. The van der Waals surface area contributed by atoms with E-state index in [2.05, 4.69) is 10.3 Å². The number of benzene rings is 2. The number of ether oxygens (including phenoxy) is 1. The number of thiazole rings is 1. The van der Waals surface area contributed by atoms with Gasteiger partial charge in [0.05, 0.1) is 17.1 Å². The number of nitrogens with one attached hydrogen (secondary N) is 1. The molecule has 0 atom stereocenters. The number of hydrogen-bond donors (Lipinski definition) is 1. The number of anilines is 1. The maximum Gasteiger partial charge on any atom is 0.230 e. The molecule has 0 bridgehead atoms. The molecule has 3 aromatic rings. The van der Waals surface area contributed by atoms with Crippen molar-refractivity contribution in [3.63, 3.8) is 0 Å². The average molecular weight is 370 g/mol. The summed E-state index contributed by atoms with van der Waals surface area (Å²) in [4.78, 5) is 16.6. The molecule has 0 saturated carbocycles. The molecule has 0 aliphatic carbocycles. The Hall–Kier alpha value is -2.73. The maximum absolute atomic E-state index is 12.9. The summed E-state index contributed by atoms with van der Waals surface area (Å²) in [6, 6.07) is 13.4. The van der Waals surface area contributed by atoms with Gasteiger partial charge in [-0.3, -0.25) is 4.79 Å². The molecule has 134 valence electrons. The SMILES string of the molecule is CCc1nc(CC(=O)Nc2cccc(OCc3ccc(F)cc3)c2)cs1. The number of nitrogens with zero attached hydrogens (tertiary/aromatic N) is 1. The van der Waals surface area contributed by atoms with E-state index < -0.39 is 0 Å². The fourth-order valence-corrected chi connectivity index (χ4v) is 3.12. The van der Waals surface area contributed by atoms with Gasteiger partial charge in [0.1, 0.15) is 18.2 Å². The number of carbonyl (C=O) groups is 1. The summed E-state index contributed by atoms with van der Waals surface area (Å²) < 4.78 is 18.6. The highest BCUT2D eigenvalue weighted by atomic mass is 32.1. The summed E-state index contributed by atoms with van der Waals surface area (Å²) in [6.45, 7) is 2.37. The number of rotatable bonds is 7. The lowest BCUT2D eigenvalue weighted by molar-refractivity contribution is -0.115. The smallest absolute Gasteiger partial charge is 0.230 e. The van der Waals surface area contributed by atoms with Crippen molar-refractivity contribution in [3.8, 4) is 5.75 Å². The number of aryl methyl sites for hydroxylation is 1. The molecule has 1 N–H and O–H groups in total. The minimum atomic E-state index is -0.273. The first-order valence-corrected chi connectivity index (χ1v) is 9.21. The van der Waals surface area contributed by atoms with Gasteiger partial charge in [-0.05, 0) is 36.2 Å². The van der Waals surface area contributed by atoms with E-state index in [1.54, 1.807) is 35.6 Å². The Morgan fingerprint density at radius 2 is 2.04 bits per heavy atom. The van der Waals surface area contributed by atoms with Gasteiger partial charge >= 0.3 is 0 Å². The molecule has 6 heteroatoms. The molecule has 0 saturated heterocycles. The lowest BCUT2D eigenvalue weighted by Gasteiger charge is -2.09. The highest BCUT2D eigenvalue weighted by molar-refractivity contribution is 7.09. The molecule has 0 unspecified atom stereocenters. The number of carbonyl (C=O) groups excluding carboxylic acids is 1. The second-order valence-corrected chi connectivity index (χ2v) is 6.70. The Balaban J connectivity index is 1.56. The molecule has 1 heterocycles. The Morgan fingerprint density at radius 3 is 2.77 bits per heavy atom. The van der Waals surface area contributed by atoms with Crippen LogP contribution in [0, 0.1) is 5.82 Å². The molecule has 4 nitrogen and oxygen atoms in total. The van der Waals surface area contributed by atoms with Gasteiger partial charge in [0.25, 0.3) is 0 Å². The van der Waals surface area contributed by atoms with Crippen molar-refractivity contribution in [1.82, 2.24) is 4.98 Å². The number of aromatic nitrogens is 1. The quantitative estimate of drug-likeness (QED) is 0.661. The molecule has 0 fully saturated rings. The molecule has 0 radical (unpaired) electrons. The lowest BCUT2D eigenvalue weighted by Crippen LogP contribution is -2.14. The first kappa shape index (κ1) is 18.1. The summed E-state index contributed by atoms with van der Waals surface area (Å²) in [5.74, 6) is 0.243. The van der Waals surface area contributed by atoms with Gasteiger partial charge in [0.15, 0.2) is 0 Å². The van der Waals surface area contributed by atoms with Crippen molar-refractivity contribution < 1.29 is 13.9 Å². The predicted octanol–water partition coefficient (Wildman–Crippen LogP) is 4.60. The van der Waals surface area contributed by atoms with Gasteiger partial charge in [0, 0.05) is 17.1 Å². The summed E-state index contributed by atoms with van der Waals surface area (Å²) in [5.41, 5.74) is 2.32. The fourth-order valence-electron chi connectivity index (χ4n) is 2.37. The lowest BCUT2D eigenvalue weighted by atomic mass is 10.2. The molecule has 1 aromatic heterocycles. The highest BCUT2D eigenvalue weighted by Gasteiger charge is 2.08. The molecular formula is C20H19FN2O2S. The summed E-state index contributed by atoms with van der Waals surface area (Å²) in [5, 5.41) is 5.81. The molecule has 0 aliphatic rings. The van der Waals surface area contributed by atoms with Crippen LogP contribution in [0.25, 0.3) is 0 Å². The van der Waals surface area contributed by atoms with Gasteiger partial charge in [-0.15, -0.1) is 11.3 Å². The molecule has 2 aromatic carbocycles. The Bertz CT molecular complexity index is 878. The third-order valence-corrected chi connectivity index (χ3v) is 4.72. The third kappa shape index (κ3) is 5.13. The Labute approximate surface area is 155 Å². The zero-order valence-corrected chi connectivity index (χ0v) is 15.2. The number of amides is 1. The molecule has 1 amide bonds. The van der Waals surface area contributed by atoms with E-state index in [1.165, 1.54) is 12.1 Å². The van der Waals surface area contributed by atoms with Gasteiger partial charge in [-0.2, -0.15) is 0 Å². The largest absolute Gasteiger partial charge is 0.489 e. The Morgan fingerprint density at radius 1 is 1.23 bits per heavy atom. The summed E-state index contributed by atoms with van der Waals surface area (Å²) in [6.07, 6.45) is 1.12. The van der Waals surface area contributed by atoms with E-state index in [0.29, 0.717) is 18.0 Å². The minimum absolute atomic E-state index is 0.117. The van der Waals surface area contributed by atoms with Crippen LogP contribution in [-0.2, 0) is 24.2 Å². The molecule has 26 heavy (non-hydrogen) atoms. The number of halogens is 1. The minimum Gasteiger partial charge on any atom is -0.489 e. The summed E-state index contributed by atoms with van der Waals surface area (Å²) in [7, 11) is 0. The highest BCUT2D eigenvalue weighted by Crippen LogP contribution is 2.19. The van der Waals surface area contributed by atoms with E-state index in [0.717, 1.165) is 22.7 Å². The van der Waals surface area contributed by atoms with E-state index in [9.17, 15) is 9.18 Å². The molecule has 3 rings (SSSR count). The second kappa shape index (κ2) is 8.58. The van der Waals surface area contributed by atoms with Crippen LogP contribution >= 0.6 is 11.3 Å². The number of hydrogen-bond acceptors (Lipinski definition) is 4. The topological polar surface area (TPSA) is 51.2 Å². The van der Waals surface area contributed by atoms with E-state index in [-0.39, 0.29) is 18.1 Å². The van der Waals surface area contributed by atoms with Crippen LogP contribution in [0.2, 0.25) is 0 Å². The molecular weight excluding hydrogens is 351 g/mol. The first-order chi connectivity index (χ1) is 12.6. The van der Waals surface area contributed by atoms with Crippen LogP contribution in [0.4, 0.5) is 10.1 Å². The van der Waals surface area contributed by atoms with Crippen LogP contribution < -0.4 is 10.1 Å². The van der Waals surface area contributed by atoms with Gasteiger partial charge in [-0.1, -0.05) is 25.1 Å². The van der Waals surface area contributed by atoms with Crippen LogP contribution in [0.15, 0.2) is 53.9 Å². The molecule has 0 spiro atoms.